The molecule has 2 heterocycles. The van der Waals surface area contributed by atoms with Gasteiger partial charge in [0.2, 0.25) is 0 Å². The number of hydrogen-bond donors (Lipinski definition) is 1. The van der Waals surface area contributed by atoms with E-state index in [1.807, 2.05) is 18.2 Å². The van der Waals surface area contributed by atoms with E-state index in [1.165, 1.54) is 23.0 Å². The van der Waals surface area contributed by atoms with Crippen LogP contribution in [0.25, 0.3) is 11.1 Å². The Balaban J connectivity index is 1.93. The van der Waals surface area contributed by atoms with Gasteiger partial charge < -0.3 is 9.88 Å². The molecule has 3 aromatic rings. The van der Waals surface area contributed by atoms with E-state index in [-0.39, 0.29) is 23.2 Å². The van der Waals surface area contributed by atoms with Crippen LogP contribution < -0.4 is 10.9 Å². The molecule has 0 saturated carbocycles. The Labute approximate surface area is 168 Å². The second-order valence-corrected chi connectivity index (χ2v) is 9.66. The van der Waals surface area contributed by atoms with Crippen LogP contribution in [0.5, 0.6) is 0 Å². The van der Waals surface area contributed by atoms with Gasteiger partial charge in [0.05, 0.1) is 11.8 Å². The van der Waals surface area contributed by atoms with Gasteiger partial charge in [0.15, 0.2) is 9.84 Å². The summed E-state index contributed by atoms with van der Waals surface area (Å²) < 4.78 is 38.6. The maximum atomic E-state index is 13.4. The van der Waals surface area contributed by atoms with Crippen molar-refractivity contribution in [1.82, 2.24) is 9.88 Å². The minimum atomic E-state index is -3.19. The molecule has 5 nitrogen and oxygen atoms in total. The Hall–Kier alpha value is -2.77. The zero-order valence-electron chi connectivity index (χ0n) is 16.1. The van der Waals surface area contributed by atoms with Crippen molar-refractivity contribution in [1.29, 1.82) is 0 Å². The number of nitrogens with one attached hydrogen (secondary N) is 1. The fourth-order valence-electron chi connectivity index (χ4n) is 3.81. The number of hydrogen-bond acceptors (Lipinski definition) is 4. The molecule has 7 heteroatoms. The van der Waals surface area contributed by atoms with Crippen LogP contribution >= 0.6 is 0 Å². The largest absolute Gasteiger partial charge is 0.318 e. The van der Waals surface area contributed by atoms with E-state index in [0.717, 1.165) is 27.8 Å². The normalized spacial score (nSPS) is 16.0. The molecule has 1 aliphatic heterocycles. The first-order valence-corrected chi connectivity index (χ1v) is 11.3. The predicted octanol–water partition coefficient (Wildman–Crippen LogP) is 2.93. The lowest BCUT2D eigenvalue weighted by atomic mass is 9.90. The molecule has 4 rings (SSSR count). The van der Waals surface area contributed by atoms with Crippen molar-refractivity contribution in [2.24, 2.45) is 7.05 Å². The van der Waals surface area contributed by atoms with Crippen LogP contribution in [-0.2, 0) is 29.2 Å². The van der Waals surface area contributed by atoms with E-state index < -0.39 is 9.84 Å². The van der Waals surface area contributed by atoms with E-state index in [9.17, 15) is 17.6 Å². The van der Waals surface area contributed by atoms with Crippen LogP contribution in [-0.4, -0.2) is 19.2 Å². The molecule has 1 aromatic heterocycles. The summed E-state index contributed by atoms with van der Waals surface area (Å²) in [7, 11) is -1.50. The van der Waals surface area contributed by atoms with E-state index in [2.05, 4.69) is 5.32 Å². The highest BCUT2D eigenvalue weighted by Crippen LogP contribution is 2.37. The molecule has 0 spiro atoms. The molecule has 1 atom stereocenters. The van der Waals surface area contributed by atoms with Gasteiger partial charge in [-0.1, -0.05) is 24.3 Å². The zero-order valence-corrected chi connectivity index (χ0v) is 17.0. The molecule has 29 heavy (non-hydrogen) atoms. The van der Waals surface area contributed by atoms with Crippen LogP contribution in [0, 0.1) is 5.82 Å². The van der Waals surface area contributed by atoms with E-state index in [1.54, 1.807) is 31.4 Å². The topological polar surface area (TPSA) is 68.2 Å². The summed E-state index contributed by atoms with van der Waals surface area (Å²) in [5.41, 5.74) is 5.01. The standard InChI is InChI=1S/C22H21FN2O3S/c1-25-12-20-16(10-21(25)26)11-24-22(15-4-6-17(23)7-5-15)18-8-3-14(9-19(18)20)13-29(2,27)28/h3-10,12,22,24H,11,13H2,1-2H3. The first-order valence-electron chi connectivity index (χ1n) is 9.20. The molecule has 0 saturated heterocycles. The third-order valence-electron chi connectivity index (χ3n) is 5.16. The molecule has 0 fully saturated rings. The number of fused-ring (bicyclic) bond motifs is 3. The quantitative estimate of drug-likeness (QED) is 0.718. The van der Waals surface area contributed by atoms with Crippen molar-refractivity contribution < 1.29 is 12.8 Å². The van der Waals surface area contributed by atoms with Crippen molar-refractivity contribution in [3.8, 4) is 11.1 Å². The second kappa shape index (κ2) is 7.24. The molecule has 1 N–H and O–H groups in total. The number of sulfone groups is 1. The zero-order chi connectivity index (χ0) is 20.8. The van der Waals surface area contributed by atoms with Crippen LogP contribution in [0.3, 0.4) is 0 Å². The van der Waals surface area contributed by atoms with Crippen molar-refractivity contribution in [3.05, 3.63) is 93.2 Å². The number of rotatable bonds is 3. The third-order valence-corrected chi connectivity index (χ3v) is 6.02. The number of aryl methyl sites for hydroxylation is 1. The predicted molar refractivity (Wildman–Crippen MR) is 111 cm³/mol. The fraction of sp³-hybridized carbons (Fsp3) is 0.227. The highest BCUT2D eigenvalue weighted by Gasteiger charge is 2.24. The summed E-state index contributed by atoms with van der Waals surface area (Å²) in [4.78, 5) is 12.2. The van der Waals surface area contributed by atoms with Gasteiger partial charge in [-0.05, 0) is 46.0 Å². The van der Waals surface area contributed by atoms with Gasteiger partial charge in [-0.25, -0.2) is 12.8 Å². The molecule has 150 valence electrons. The van der Waals surface area contributed by atoms with E-state index >= 15 is 0 Å². The SMILES string of the molecule is Cn1cc2c(cc1=O)CNC(c1ccc(F)cc1)c1ccc(CS(C)(=O)=O)cc1-2. The average molecular weight is 412 g/mol. The lowest BCUT2D eigenvalue weighted by Gasteiger charge is -2.20. The van der Waals surface area contributed by atoms with Gasteiger partial charge in [0.25, 0.3) is 5.56 Å². The van der Waals surface area contributed by atoms with Crippen LogP contribution in [0.4, 0.5) is 4.39 Å². The van der Waals surface area contributed by atoms with Crippen LogP contribution in [0.1, 0.15) is 28.3 Å². The van der Waals surface area contributed by atoms with E-state index in [4.69, 9.17) is 0 Å². The van der Waals surface area contributed by atoms with Gasteiger partial charge in [0, 0.05) is 37.7 Å². The molecule has 1 aliphatic rings. The Morgan fingerprint density at radius 2 is 1.83 bits per heavy atom. The lowest BCUT2D eigenvalue weighted by molar-refractivity contribution is 0.601. The number of pyridine rings is 1. The minimum Gasteiger partial charge on any atom is -0.318 e. The van der Waals surface area contributed by atoms with Gasteiger partial charge in [-0.2, -0.15) is 0 Å². The number of aromatic nitrogens is 1. The first kappa shape index (κ1) is 19.5. The van der Waals surface area contributed by atoms with Crippen molar-refractivity contribution >= 4 is 9.84 Å². The summed E-state index contributed by atoms with van der Waals surface area (Å²) in [6.45, 7) is 0.462. The maximum absolute atomic E-state index is 13.4. The van der Waals surface area contributed by atoms with Crippen LogP contribution in [0.15, 0.2) is 59.5 Å². The average Bonchev–Trinajstić information content (AvgIpc) is 2.79. The summed E-state index contributed by atoms with van der Waals surface area (Å²) in [6, 6.07) is 13.3. The Morgan fingerprint density at radius 1 is 1.10 bits per heavy atom. The molecule has 2 aromatic carbocycles. The van der Waals surface area contributed by atoms with Crippen molar-refractivity contribution in [2.75, 3.05) is 6.26 Å². The third kappa shape index (κ3) is 4.02. The van der Waals surface area contributed by atoms with Gasteiger partial charge in [-0.15, -0.1) is 0 Å². The maximum Gasteiger partial charge on any atom is 0.250 e. The highest BCUT2D eigenvalue weighted by molar-refractivity contribution is 7.89. The van der Waals surface area contributed by atoms with Gasteiger partial charge in [0.1, 0.15) is 5.82 Å². The molecule has 1 unspecified atom stereocenters. The molecule has 0 amide bonds. The minimum absolute atomic E-state index is 0.0595. The number of nitrogens with zero attached hydrogens (tertiary/aromatic N) is 1. The lowest BCUT2D eigenvalue weighted by Crippen LogP contribution is -2.22. The Kier molecular flexibility index (Phi) is 4.88. The molecular formula is C22H21FN2O3S. The van der Waals surface area contributed by atoms with Gasteiger partial charge >= 0.3 is 0 Å². The van der Waals surface area contributed by atoms with Crippen molar-refractivity contribution in [3.63, 3.8) is 0 Å². The smallest absolute Gasteiger partial charge is 0.250 e. The Morgan fingerprint density at radius 3 is 2.52 bits per heavy atom. The summed E-state index contributed by atoms with van der Waals surface area (Å²) in [5, 5.41) is 3.46. The summed E-state index contributed by atoms with van der Waals surface area (Å²) in [6.07, 6.45) is 2.99. The Bertz CT molecular complexity index is 1250. The molecule has 0 bridgehead atoms. The number of benzene rings is 2. The molecule has 0 aliphatic carbocycles. The highest BCUT2D eigenvalue weighted by atomic mass is 32.2. The van der Waals surface area contributed by atoms with E-state index in [0.29, 0.717) is 12.1 Å². The number of halogens is 1. The van der Waals surface area contributed by atoms with Gasteiger partial charge in [-0.3, -0.25) is 4.79 Å². The summed E-state index contributed by atoms with van der Waals surface area (Å²) >= 11 is 0. The fourth-order valence-corrected chi connectivity index (χ4v) is 4.60. The van der Waals surface area contributed by atoms with Crippen molar-refractivity contribution in [2.45, 2.75) is 18.3 Å². The molecular weight excluding hydrogens is 391 g/mol. The summed E-state index contributed by atoms with van der Waals surface area (Å²) in [5.74, 6) is -0.367. The molecule has 0 radical (unpaired) electrons. The van der Waals surface area contributed by atoms with Crippen LogP contribution in [0.2, 0.25) is 0 Å². The second-order valence-electron chi connectivity index (χ2n) is 7.52. The monoisotopic (exact) mass is 412 g/mol. The first-order chi connectivity index (χ1) is 13.7.